The average Bonchev–Trinajstić information content (AvgIpc) is 3.36. The minimum absolute atomic E-state index is 0.100. The minimum Gasteiger partial charge on any atom is -0.360 e. The fourth-order valence-electron chi connectivity index (χ4n) is 3.17. The molecule has 4 rings (SSSR count). The van der Waals surface area contributed by atoms with E-state index in [1.807, 2.05) is 23.1 Å². The van der Waals surface area contributed by atoms with Crippen LogP contribution in [0.25, 0.3) is 11.6 Å². The topological polar surface area (TPSA) is 98.2 Å². The second-order valence-corrected chi connectivity index (χ2v) is 6.83. The van der Waals surface area contributed by atoms with Crippen LogP contribution < -0.4 is 0 Å². The quantitative estimate of drug-likeness (QED) is 0.663. The van der Waals surface area contributed by atoms with E-state index in [0.717, 1.165) is 12.8 Å². The Labute approximate surface area is 160 Å². The van der Waals surface area contributed by atoms with Gasteiger partial charge in [0, 0.05) is 44.1 Å². The van der Waals surface area contributed by atoms with Crippen molar-refractivity contribution in [3.8, 4) is 11.6 Å². The van der Waals surface area contributed by atoms with Gasteiger partial charge in [0.25, 0.3) is 5.89 Å². The summed E-state index contributed by atoms with van der Waals surface area (Å²) in [5, 5.41) is 8.02. The smallest absolute Gasteiger partial charge is 0.276 e. The highest BCUT2D eigenvalue weighted by molar-refractivity contribution is 6.29. The third-order valence-electron chi connectivity index (χ3n) is 4.65. The first kappa shape index (κ1) is 17.7. The molecule has 0 radical (unpaired) electrons. The molecular weight excluding hydrogens is 370 g/mol. The van der Waals surface area contributed by atoms with Crippen LogP contribution >= 0.6 is 11.6 Å². The van der Waals surface area contributed by atoms with E-state index in [4.69, 9.17) is 20.6 Å². The predicted octanol–water partition coefficient (Wildman–Crippen LogP) is 3.11. The molecule has 1 amide bonds. The highest BCUT2D eigenvalue weighted by Gasteiger charge is 2.27. The van der Waals surface area contributed by atoms with Gasteiger partial charge < -0.3 is 13.9 Å². The Hall–Kier alpha value is -2.74. The van der Waals surface area contributed by atoms with E-state index in [0.29, 0.717) is 54.3 Å². The molecule has 0 aromatic carbocycles. The van der Waals surface area contributed by atoms with Crippen molar-refractivity contribution in [2.24, 2.45) is 0 Å². The van der Waals surface area contributed by atoms with Crippen LogP contribution in [-0.4, -0.2) is 44.2 Å². The van der Waals surface area contributed by atoms with Gasteiger partial charge in [0.15, 0.2) is 11.0 Å². The maximum absolute atomic E-state index is 12.4. The fraction of sp³-hybridized carbons (Fsp3) is 0.389. The minimum atomic E-state index is 0.100. The Balaban J connectivity index is 1.30. The SMILES string of the molecule is O=C(CCc1cc(Cl)no1)N1CCC(c2noc(-c3ccccn3)n2)CC1. The van der Waals surface area contributed by atoms with E-state index < -0.39 is 0 Å². The summed E-state index contributed by atoms with van der Waals surface area (Å²) in [6.45, 7) is 1.35. The van der Waals surface area contributed by atoms with Crippen LogP contribution in [0.2, 0.25) is 5.15 Å². The van der Waals surface area contributed by atoms with Crippen molar-refractivity contribution in [1.29, 1.82) is 0 Å². The van der Waals surface area contributed by atoms with E-state index in [-0.39, 0.29) is 11.8 Å². The van der Waals surface area contributed by atoms with Crippen LogP contribution in [0.1, 0.15) is 36.8 Å². The molecule has 0 bridgehead atoms. The van der Waals surface area contributed by atoms with Crippen molar-refractivity contribution < 1.29 is 13.8 Å². The molecule has 1 fully saturated rings. The normalized spacial score (nSPS) is 15.2. The molecular formula is C18H18ClN5O3. The molecule has 8 nitrogen and oxygen atoms in total. The molecule has 140 valence electrons. The maximum Gasteiger partial charge on any atom is 0.276 e. The Morgan fingerprint density at radius 2 is 2.07 bits per heavy atom. The largest absolute Gasteiger partial charge is 0.360 e. The summed E-state index contributed by atoms with van der Waals surface area (Å²) in [5.74, 6) is 2.01. The number of amides is 1. The van der Waals surface area contributed by atoms with Crippen LogP contribution in [0.4, 0.5) is 0 Å². The number of aromatic nitrogens is 4. The first-order valence-corrected chi connectivity index (χ1v) is 9.21. The zero-order valence-corrected chi connectivity index (χ0v) is 15.3. The van der Waals surface area contributed by atoms with Gasteiger partial charge in [-0.25, -0.2) is 0 Å². The molecule has 9 heteroatoms. The summed E-state index contributed by atoms with van der Waals surface area (Å²) in [5.41, 5.74) is 0.663. The second-order valence-electron chi connectivity index (χ2n) is 6.44. The number of hydrogen-bond donors (Lipinski definition) is 0. The van der Waals surface area contributed by atoms with E-state index in [9.17, 15) is 4.79 Å². The zero-order valence-electron chi connectivity index (χ0n) is 14.5. The number of piperidine rings is 1. The van der Waals surface area contributed by atoms with E-state index in [1.165, 1.54) is 0 Å². The lowest BCUT2D eigenvalue weighted by atomic mass is 9.96. The van der Waals surface area contributed by atoms with E-state index in [1.54, 1.807) is 12.3 Å². The number of carbonyl (C=O) groups is 1. The van der Waals surface area contributed by atoms with E-state index in [2.05, 4.69) is 20.3 Å². The summed E-state index contributed by atoms with van der Waals surface area (Å²) in [6, 6.07) is 7.18. The van der Waals surface area contributed by atoms with Gasteiger partial charge in [-0.3, -0.25) is 9.78 Å². The number of likely N-dealkylation sites (tertiary alicyclic amines) is 1. The number of rotatable bonds is 5. The summed E-state index contributed by atoms with van der Waals surface area (Å²) in [4.78, 5) is 22.9. The van der Waals surface area contributed by atoms with E-state index >= 15 is 0 Å². The van der Waals surface area contributed by atoms with Gasteiger partial charge in [0.05, 0.1) is 0 Å². The summed E-state index contributed by atoms with van der Waals surface area (Å²) in [6.07, 6.45) is 4.18. The van der Waals surface area contributed by atoms with Gasteiger partial charge in [-0.1, -0.05) is 28.0 Å². The van der Waals surface area contributed by atoms with Gasteiger partial charge in [0.1, 0.15) is 11.5 Å². The van der Waals surface area contributed by atoms with Gasteiger partial charge in [-0.05, 0) is 25.0 Å². The monoisotopic (exact) mass is 387 g/mol. The molecule has 3 aromatic rings. The van der Waals surface area contributed by atoms with Crippen LogP contribution in [0.3, 0.4) is 0 Å². The third kappa shape index (κ3) is 4.16. The lowest BCUT2D eigenvalue weighted by Crippen LogP contribution is -2.38. The van der Waals surface area contributed by atoms with Crippen LogP contribution in [0, 0.1) is 0 Å². The Morgan fingerprint density at radius 1 is 1.22 bits per heavy atom. The number of aryl methyl sites for hydroxylation is 1. The molecule has 0 spiro atoms. The standard InChI is InChI=1S/C18H18ClN5O3/c19-15-11-13(26-22-15)4-5-16(25)24-9-6-12(7-10-24)17-21-18(27-23-17)14-3-1-2-8-20-14/h1-3,8,11-12H,4-7,9-10H2. The molecule has 1 aliphatic rings. The predicted molar refractivity (Wildman–Crippen MR) is 95.9 cm³/mol. The third-order valence-corrected chi connectivity index (χ3v) is 4.83. The van der Waals surface area contributed by atoms with Crippen molar-refractivity contribution in [3.63, 3.8) is 0 Å². The van der Waals surface area contributed by atoms with Crippen LogP contribution in [0.15, 0.2) is 39.5 Å². The summed E-state index contributed by atoms with van der Waals surface area (Å²) in [7, 11) is 0. The first-order valence-electron chi connectivity index (χ1n) is 8.83. The summed E-state index contributed by atoms with van der Waals surface area (Å²) >= 11 is 5.72. The average molecular weight is 388 g/mol. The molecule has 3 aromatic heterocycles. The molecule has 0 unspecified atom stereocenters. The van der Waals surface area contributed by atoms with Crippen LogP contribution in [-0.2, 0) is 11.2 Å². The molecule has 0 atom stereocenters. The highest BCUT2D eigenvalue weighted by Crippen LogP contribution is 2.28. The number of nitrogens with zero attached hydrogens (tertiary/aromatic N) is 5. The van der Waals surface area contributed by atoms with Gasteiger partial charge in [-0.2, -0.15) is 4.98 Å². The van der Waals surface area contributed by atoms with Crippen molar-refractivity contribution in [2.75, 3.05) is 13.1 Å². The lowest BCUT2D eigenvalue weighted by Gasteiger charge is -2.30. The zero-order chi connectivity index (χ0) is 18.6. The molecule has 0 saturated carbocycles. The van der Waals surface area contributed by atoms with Crippen molar-refractivity contribution in [1.82, 2.24) is 25.2 Å². The van der Waals surface area contributed by atoms with Gasteiger partial charge in [-0.15, -0.1) is 0 Å². The van der Waals surface area contributed by atoms with Crippen molar-refractivity contribution in [2.45, 2.75) is 31.6 Å². The lowest BCUT2D eigenvalue weighted by molar-refractivity contribution is -0.132. The Bertz CT molecular complexity index is 903. The molecule has 27 heavy (non-hydrogen) atoms. The number of pyridine rings is 1. The van der Waals surface area contributed by atoms with Crippen molar-refractivity contribution in [3.05, 3.63) is 47.2 Å². The van der Waals surface area contributed by atoms with Gasteiger partial charge in [0.2, 0.25) is 5.91 Å². The van der Waals surface area contributed by atoms with Gasteiger partial charge >= 0.3 is 0 Å². The summed E-state index contributed by atoms with van der Waals surface area (Å²) < 4.78 is 10.4. The molecule has 4 heterocycles. The van der Waals surface area contributed by atoms with Crippen molar-refractivity contribution >= 4 is 17.5 Å². The molecule has 0 N–H and O–H groups in total. The second kappa shape index (κ2) is 7.87. The first-order chi connectivity index (χ1) is 13.2. The fourth-order valence-corrected chi connectivity index (χ4v) is 3.33. The molecule has 0 aliphatic carbocycles. The number of hydrogen-bond acceptors (Lipinski definition) is 7. The number of carbonyl (C=O) groups excluding carboxylic acids is 1. The molecule has 1 saturated heterocycles. The highest BCUT2D eigenvalue weighted by atomic mass is 35.5. The number of halogens is 1. The maximum atomic E-state index is 12.4. The Morgan fingerprint density at radius 3 is 2.78 bits per heavy atom. The Kier molecular flexibility index (Phi) is 5.15. The van der Waals surface area contributed by atoms with Crippen LogP contribution in [0.5, 0.6) is 0 Å². The molecule has 1 aliphatic heterocycles.